The summed E-state index contributed by atoms with van der Waals surface area (Å²) in [6.45, 7) is 4.70. The van der Waals surface area contributed by atoms with Crippen LogP contribution in [-0.4, -0.2) is 6.04 Å². The molecule has 2 rings (SSSR count). The molecule has 0 aliphatic heterocycles. The Morgan fingerprint density at radius 1 is 1.22 bits per heavy atom. The number of hydrogen-bond acceptors (Lipinski definition) is 2. The Morgan fingerprint density at radius 3 is 2.56 bits per heavy atom. The van der Waals surface area contributed by atoms with E-state index in [-0.39, 0.29) is 0 Å². The van der Waals surface area contributed by atoms with Crippen molar-refractivity contribution in [3.63, 3.8) is 0 Å². The molecule has 3 unspecified atom stereocenters. The lowest BCUT2D eigenvalue weighted by Gasteiger charge is -2.36. The molecule has 1 aliphatic carbocycles. The molecule has 0 radical (unpaired) electrons. The molecule has 3 atom stereocenters. The fourth-order valence-corrected chi connectivity index (χ4v) is 3.12. The van der Waals surface area contributed by atoms with Gasteiger partial charge in [0.2, 0.25) is 0 Å². The number of nitrogen functional groups attached to an aromatic ring is 1. The maximum Gasteiger partial charge on any atom is 0.0343 e. The van der Waals surface area contributed by atoms with Gasteiger partial charge in [0, 0.05) is 17.4 Å². The van der Waals surface area contributed by atoms with Gasteiger partial charge in [0.1, 0.15) is 0 Å². The summed E-state index contributed by atoms with van der Waals surface area (Å²) in [5.41, 5.74) is 7.78. The van der Waals surface area contributed by atoms with Crippen molar-refractivity contribution in [2.75, 3.05) is 11.1 Å². The summed E-state index contributed by atoms with van der Waals surface area (Å²) >= 11 is 0. The third-order valence-electron chi connectivity index (χ3n) is 4.46. The van der Waals surface area contributed by atoms with Crippen LogP contribution in [0.4, 0.5) is 11.4 Å². The highest BCUT2D eigenvalue weighted by atomic mass is 14.9. The van der Waals surface area contributed by atoms with Crippen LogP contribution in [0.1, 0.15) is 46.0 Å². The van der Waals surface area contributed by atoms with Crippen molar-refractivity contribution < 1.29 is 0 Å². The highest BCUT2D eigenvalue weighted by molar-refractivity contribution is 5.51. The van der Waals surface area contributed by atoms with Crippen LogP contribution < -0.4 is 11.1 Å². The summed E-state index contributed by atoms with van der Waals surface area (Å²) in [5.74, 6) is 1.64. The zero-order valence-corrected chi connectivity index (χ0v) is 11.7. The van der Waals surface area contributed by atoms with Crippen LogP contribution in [-0.2, 0) is 0 Å². The van der Waals surface area contributed by atoms with Crippen LogP contribution in [0.25, 0.3) is 0 Å². The van der Waals surface area contributed by atoms with Crippen LogP contribution >= 0.6 is 0 Å². The van der Waals surface area contributed by atoms with Gasteiger partial charge in [-0.25, -0.2) is 0 Å². The van der Waals surface area contributed by atoms with Crippen molar-refractivity contribution in [2.24, 2.45) is 11.8 Å². The monoisotopic (exact) mass is 246 g/mol. The standard InChI is InChI=1S/C16H26N2/c1-3-12(2)15-6-4-5-7-16(15)18-14-10-8-13(17)9-11-14/h8-12,15-16,18H,3-7,17H2,1-2H3. The molecule has 0 amide bonds. The first kappa shape index (κ1) is 13.3. The Hall–Kier alpha value is -1.18. The van der Waals surface area contributed by atoms with Gasteiger partial charge < -0.3 is 11.1 Å². The first-order valence-electron chi connectivity index (χ1n) is 7.32. The lowest BCUT2D eigenvalue weighted by Crippen LogP contribution is -2.35. The predicted molar refractivity (Wildman–Crippen MR) is 79.7 cm³/mol. The number of benzene rings is 1. The molecule has 2 heteroatoms. The summed E-state index contributed by atoms with van der Waals surface area (Å²) in [7, 11) is 0. The molecule has 1 aromatic rings. The third-order valence-corrected chi connectivity index (χ3v) is 4.46. The molecular formula is C16H26N2. The van der Waals surface area contributed by atoms with Crippen molar-refractivity contribution in [1.29, 1.82) is 0 Å². The van der Waals surface area contributed by atoms with Gasteiger partial charge in [-0.1, -0.05) is 33.1 Å². The Morgan fingerprint density at radius 2 is 1.89 bits per heavy atom. The summed E-state index contributed by atoms with van der Waals surface area (Å²) in [4.78, 5) is 0. The van der Waals surface area contributed by atoms with Crippen molar-refractivity contribution in [1.82, 2.24) is 0 Å². The topological polar surface area (TPSA) is 38.0 Å². The van der Waals surface area contributed by atoms with Crippen molar-refractivity contribution in [2.45, 2.75) is 52.0 Å². The Labute approximate surface area is 111 Å². The Balaban J connectivity index is 2.03. The molecule has 0 spiro atoms. The number of rotatable bonds is 4. The fraction of sp³-hybridized carbons (Fsp3) is 0.625. The molecule has 3 N–H and O–H groups in total. The average molecular weight is 246 g/mol. The molecule has 18 heavy (non-hydrogen) atoms. The smallest absolute Gasteiger partial charge is 0.0343 e. The van der Waals surface area contributed by atoms with Crippen molar-refractivity contribution >= 4 is 11.4 Å². The fourth-order valence-electron chi connectivity index (χ4n) is 3.12. The summed E-state index contributed by atoms with van der Waals surface area (Å²) < 4.78 is 0. The minimum absolute atomic E-state index is 0.636. The largest absolute Gasteiger partial charge is 0.399 e. The van der Waals surface area contributed by atoms with Gasteiger partial charge in [-0.15, -0.1) is 0 Å². The average Bonchev–Trinajstić information content (AvgIpc) is 2.41. The van der Waals surface area contributed by atoms with Gasteiger partial charge in [0.15, 0.2) is 0 Å². The van der Waals surface area contributed by atoms with Crippen LogP contribution in [0.2, 0.25) is 0 Å². The zero-order chi connectivity index (χ0) is 13.0. The van der Waals surface area contributed by atoms with E-state index >= 15 is 0 Å². The van der Waals surface area contributed by atoms with E-state index in [4.69, 9.17) is 5.73 Å². The highest BCUT2D eigenvalue weighted by Gasteiger charge is 2.28. The minimum Gasteiger partial charge on any atom is -0.399 e. The van der Waals surface area contributed by atoms with Gasteiger partial charge in [0.25, 0.3) is 0 Å². The third kappa shape index (κ3) is 3.18. The van der Waals surface area contributed by atoms with Crippen molar-refractivity contribution in [3.05, 3.63) is 24.3 Å². The second-order valence-electron chi connectivity index (χ2n) is 5.71. The first-order valence-corrected chi connectivity index (χ1v) is 7.32. The molecule has 1 saturated carbocycles. The van der Waals surface area contributed by atoms with E-state index in [2.05, 4.69) is 31.3 Å². The second kappa shape index (κ2) is 6.12. The van der Waals surface area contributed by atoms with Crippen LogP contribution in [0.5, 0.6) is 0 Å². The molecule has 0 aromatic heterocycles. The molecular weight excluding hydrogens is 220 g/mol. The Kier molecular flexibility index (Phi) is 4.51. The zero-order valence-electron chi connectivity index (χ0n) is 11.7. The minimum atomic E-state index is 0.636. The van der Waals surface area contributed by atoms with E-state index in [1.807, 2.05) is 12.1 Å². The molecule has 0 saturated heterocycles. The second-order valence-corrected chi connectivity index (χ2v) is 5.71. The first-order chi connectivity index (χ1) is 8.70. The van der Waals surface area contributed by atoms with E-state index in [1.54, 1.807) is 0 Å². The molecule has 1 aromatic carbocycles. The SMILES string of the molecule is CCC(C)C1CCCCC1Nc1ccc(N)cc1. The van der Waals surface area contributed by atoms with Gasteiger partial charge in [0.05, 0.1) is 0 Å². The summed E-state index contributed by atoms with van der Waals surface area (Å²) in [5, 5.41) is 3.72. The van der Waals surface area contributed by atoms with Crippen LogP contribution in [0.3, 0.4) is 0 Å². The maximum absolute atomic E-state index is 5.73. The van der Waals surface area contributed by atoms with Gasteiger partial charge in [-0.3, -0.25) is 0 Å². The predicted octanol–water partition coefficient (Wildman–Crippen LogP) is 4.29. The molecule has 2 nitrogen and oxygen atoms in total. The van der Waals surface area contributed by atoms with Gasteiger partial charge in [-0.2, -0.15) is 0 Å². The molecule has 1 fully saturated rings. The quantitative estimate of drug-likeness (QED) is 0.778. The summed E-state index contributed by atoms with van der Waals surface area (Å²) in [6.07, 6.45) is 6.72. The highest BCUT2D eigenvalue weighted by Crippen LogP contribution is 2.33. The number of anilines is 2. The molecule has 0 heterocycles. The lowest BCUT2D eigenvalue weighted by molar-refractivity contribution is 0.235. The van der Waals surface area contributed by atoms with Gasteiger partial charge >= 0.3 is 0 Å². The van der Waals surface area contributed by atoms with E-state index in [0.717, 1.165) is 17.5 Å². The molecule has 1 aliphatic rings. The number of hydrogen-bond donors (Lipinski definition) is 2. The number of nitrogens with two attached hydrogens (primary N) is 1. The molecule has 100 valence electrons. The lowest BCUT2D eigenvalue weighted by atomic mass is 9.76. The Bertz CT molecular complexity index is 358. The van der Waals surface area contributed by atoms with Gasteiger partial charge in [-0.05, 0) is 48.9 Å². The van der Waals surface area contributed by atoms with E-state index < -0.39 is 0 Å². The van der Waals surface area contributed by atoms with Crippen LogP contribution in [0.15, 0.2) is 24.3 Å². The number of nitrogens with one attached hydrogen (secondary N) is 1. The summed E-state index contributed by atoms with van der Waals surface area (Å²) in [6, 6.07) is 8.78. The molecule has 0 bridgehead atoms. The van der Waals surface area contributed by atoms with Crippen molar-refractivity contribution in [3.8, 4) is 0 Å². The van der Waals surface area contributed by atoms with E-state index in [9.17, 15) is 0 Å². The van der Waals surface area contributed by atoms with Crippen LogP contribution in [0, 0.1) is 11.8 Å². The maximum atomic E-state index is 5.73. The normalized spacial score (nSPS) is 25.7. The van der Waals surface area contributed by atoms with E-state index in [1.165, 1.54) is 37.8 Å². The van der Waals surface area contributed by atoms with E-state index in [0.29, 0.717) is 6.04 Å².